The average molecular weight is 286 g/mol. The van der Waals surface area contributed by atoms with E-state index < -0.39 is 0 Å². The summed E-state index contributed by atoms with van der Waals surface area (Å²) in [5.74, 6) is 1.00. The molecule has 3 heteroatoms. The molecule has 1 aromatic rings. The molecule has 0 radical (unpaired) electrons. The molecular weight excluding hydrogens is 260 g/mol. The van der Waals surface area contributed by atoms with Crippen LogP contribution < -0.4 is 0 Å². The van der Waals surface area contributed by atoms with E-state index in [4.69, 9.17) is 0 Å². The van der Waals surface area contributed by atoms with E-state index in [9.17, 15) is 4.79 Å². The Morgan fingerprint density at radius 1 is 1.24 bits per heavy atom. The summed E-state index contributed by atoms with van der Waals surface area (Å²) < 4.78 is 0. The van der Waals surface area contributed by atoms with Gasteiger partial charge in [-0.05, 0) is 41.5 Å². The molecular formula is C18H26N2O. The van der Waals surface area contributed by atoms with E-state index in [1.807, 2.05) is 0 Å². The molecule has 0 fully saturated rings. The van der Waals surface area contributed by atoms with E-state index in [0.717, 1.165) is 25.3 Å². The molecule has 0 atom stereocenters. The molecule has 0 aromatic heterocycles. The van der Waals surface area contributed by atoms with Crippen LogP contribution in [0.4, 0.5) is 0 Å². The number of rotatable bonds is 2. The smallest absolute Gasteiger partial charge is 0.224 e. The maximum atomic E-state index is 11.6. The van der Waals surface area contributed by atoms with E-state index in [-0.39, 0.29) is 11.3 Å². The lowest BCUT2D eigenvalue weighted by Crippen LogP contribution is -2.33. The number of hydrogen-bond acceptors (Lipinski definition) is 2. The number of aliphatic imine (C=N–C) groups is 1. The minimum absolute atomic E-state index is 0.0906. The van der Waals surface area contributed by atoms with E-state index >= 15 is 0 Å². The molecule has 0 saturated heterocycles. The van der Waals surface area contributed by atoms with E-state index in [0.29, 0.717) is 0 Å². The first-order valence-electron chi connectivity index (χ1n) is 7.62. The first-order valence-corrected chi connectivity index (χ1v) is 7.62. The van der Waals surface area contributed by atoms with E-state index in [2.05, 4.69) is 51.7 Å². The lowest BCUT2D eigenvalue weighted by Gasteiger charge is -2.23. The molecule has 0 aliphatic carbocycles. The Balaban J connectivity index is 2.32. The topological polar surface area (TPSA) is 32.7 Å². The van der Waals surface area contributed by atoms with Crippen LogP contribution in [0.2, 0.25) is 0 Å². The van der Waals surface area contributed by atoms with Crippen LogP contribution in [-0.4, -0.2) is 29.7 Å². The van der Waals surface area contributed by atoms with Gasteiger partial charge in [-0.1, -0.05) is 32.9 Å². The summed E-state index contributed by atoms with van der Waals surface area (Å²) in [4.78, 5) is 18.0. The Labute approximate surface area is 128 Å². The van der Waals surface area contributed by atoms with Crippen molar-refractivity contribution in [1.29, 1.82) is 0 Å². The monoisotopic (exact) mass is 286 g/mol. The van der Waals surface area contributed by atoms with E-state index in [1.165, 1.54) is 22.3 Å². The Kier molecular flexibility index (Phi) is 4.22. The van der Waals surface area contributed by atoms with Crippen LogP contribution in [0.3, 0.4) is 0 Å². The maximum absolute atomic E-state index is 11.6. The van der Waals surface area contributed by atoms with Crippen molar-refractivity contribution in [1.82, 2.24) is 4.90 Å². The van der Waals surface area contributed by atoms with Crippen molar-refractivity contribution in [2.75, 3.05) is 13.1 Å². The standard InChI is InChI=1S/C18H26N2O/c1-12-9-15(18(4,5)6)10-13(2)16(12)11-17-19-7-8-20(17)14(3)21/h9-10H,7-8,11H2,1-6H3. The van der Waals surface area contributed by atoms with Gasteiger partial charge >= 0.3 is 0 Å². The number of amides is 1. The van der Waals surface area contributed by atoms with E-state index in [1.54, 1.807) is 11.8 Å². The molecule has 1 aliphatic heterocycles. The van der Waals surface area contributed by atoms with Gasteiger partial charge in [0, 0.05) is 19.9 Å². The van der Waals surface area contributed by atoms with Crippen LogP contribution in [0.25, 0.3) is 0 Å². The van der Waals surface area contributed by atoms with Crippen LogP contribution in [0.5, 0.6) is 0 Å². The third-order valence-electron chi connectivity index (χ3n) is 4.21. The summed E-state index contributed by atoms with van der Waals surface area (Å²) in [6, 6.07) is 4.55. The zero-order valence-electron chi connectivity index (χ0n) is 14.1. The molecule has 21 heavy (non-hydrogen) atoms. The van der Waals surface area contributed by atoms with Crippen molar-refractivity contribution in [2.24, 2.45) is 4.99 Å². The second kappa shape index (κ2) is 5.63. The molecule has 1 aromatic carbocycles. The summed E-state index contributed by atoms with van der Waals surface area (Å²) in [7, 11) is 0. The fourth-order valence-corrected chi connectivity index (χ4v) is 2.85. The summed E-state index contributed by atoms with van der Waals surface area (Å²) in [6.07, 6.45) is 0.752. The fourth-order valence-electron chi connectivity index (χ4n) is 2.85. The van der Waals surface area contributed by atoms with Gasteiger partial charge in [0.15, 0.2) is 0 Å². The summed E-state index contributed by atoms with van der Waals surface area (Å²) in [5.41, 5.74) is 5.40. The van der Waals surface area contributed by atoms with Crippen LogP contribution in [0.1, 0.15) is 49.9 Å². The predicted octanol–water partition coefficient (Wildman–Crippen LogP) is 3.40. The molecule has 0 saturated carbocycles. The first kappa shape index (κ1) is 15.7. The number of hydrogen-bond donors (Lipinski definition) is 0. The normalized spacial score (nSPS) is 15.3. The number of benzene rings is 1. The van der Waals surface area contributed by atoms with Gasteiger partial charge in [0.25, 0.3) is 0 Å². The molecule has 114 valence electrons. The second-order valence-electron chi connectivity index (χ2n) is 6.98. The van der Waals surface area contributed by atoms with Crippen LogP contribution in [0.15, 0.2) is 17.1 Å². The number of carbonyl (C=O) groups is 1. The largest absolute Gasteiger partial charge is 0.299 e. The first-order chi connectivity index (χ1) is 9.70. The number of nitrogens with zero attached hydrogens (tertiary/aromatic N) is 2. The summed E-state index contributed by atoms with van der Waals surface area (Å²) in [5, 5.41) is 0. The van der Waals surface area contributed by atoms with Crippen LogP contribution in [0, 0.1) is 13.8 Å². The van der Waals surface area contributed by atoms with Gasteiger partial charge in [0.2, 0.25) is 5.91 Å². The molecule has 2 rings (SSSR count). The number of amidine groups is 1. The average Bonchev–Trinajstić information content (AvgIpc) is 2.80. The number of carbonyl (C=O) groups excluding carboxylic acids is 1. The molecule has 1 heterocycles. The third kappa shape index (κ3) is 3.34. The van der Waals surface area contributed by atoms with Gasteiger partial charge in [0.1, 0.15) is 5.84 Å². The zero-order chi connectivity index (χ0) is 15.8. The molecule has 0 N–H and O–H groups in total. The lowest BCUT2D eigenvalue weighted by atomic mass is 9.83. The Morgan fingerprint density at radius 2 is 1.81 bits per heavy atom. The second-order valence-corrected chi connectivity index (χ2v) is 6.98. The minimum atomic E-state index is 0.0906. The van der Waals surface area contributed by atoms with Crippen molar-refractivity contribution in [2.45, 2.75) is 53.4 Å². The van der Waals surface area contributed by atoms with Crippen molar-refractivity contribution in [3.05, 3.63) is 34.4 Å². The van der Waals surface area contributed by atoms with Gasteiger partial charge in [0.05, 0.1) is 6.54 Å². The van der Waals surface area contributed by atoms with Crippen molar-refractivity contribution in [3.8, 4) is 0 Å². The van der Waals surface area contributed by atoms with Gasteiger partial charge < -0.3 is 0 Å². The fraction of sp³-hybridized carbons (Fsp3) is 0.556. The predicted molar refractivity (Wildman–Crippen MR) is 88.0 cm³/mol. The summed E-state index contributed by atoms with van der Waals surface area (Å²) >= 11 is 0. The SMILES string of the molecule is CC(=O)N1CCN=C1Cc1c(C)cc(C(C)(C)C)cc1C. The molecule has 0 bridgehead atoms. The highest BCUT2D eigenvalue weighted by Gasteiger charge is 2.23. The van der Waals surface area contributed by atoms with Crippen LogP contribution in [-0.2, 0) is 16.6 Å². The molecule has 0 unspecified atom stereocenters. The lowest BCUT2D eigenvalue weighted by molar-refractivity contribution is -0.124. The maximum Gasteiger partial charge on any atom is 0.224 e. The Bertz CT molecular complexity index is 571. The van der Waals surface area contributed by atoms with Gasteiger partial charge in [-0.25, -0.2) is 0 Å². The molecule has 0 spiro atoms. The molecule has 1 amide bonds. The van der Waals surface area contributed by atoms with Gasteiger partial charge in [-0.15, -0.1) is 0 Å². The Morgan fingerprint density at radius 3 is 2.29 bits per heavy atom. The van der Waals surface area contributed by atoms with Crippen molar-refractivity contribution >= 4 is 11.7 Å². The highest BCUT2D eigenvalue weighted by molar-refractivity contribution is 5.99. The quantitative estimate of drug-likeness (QED) is 0.820. The summed E-state index contributed by atoms with van der Waals surface area (Å²) in [6.45, 7) is 14.1. The van der Waals surface area contributed by atoms with Gasteiger partial charge in [-0.3, -0.25) is 14.7 Å². The zero-order valence-corrected chi connectivity index (χ0v) is 14.1. The minimum Gasteiger partial charge on any atom is -0.299 e. The van der Waals surface area contributed by atoms with Crippen LogP contribution >= 0.6 is 0 Å². The number of aryl methyl sites for hydroxylation is 2. The van der Waals surface area contributed by atoms with Crippen molar-refractivity contribution < 1.29 is 4.79 Å². The highest BCUT2D eigenvalue weighted by atomic mass is 16.2. The molecule has 1 aliphatic rings. The molecule has 3 nitrogen and oxygen atoms in total. The third-order valence-corrected chi connectivity index (χ3v) is 4.21. The van der Waals surface area contributed by atoms with Crippen molar-refractivity contribution in [3.63, 3.8) is 0 Å². The Hall–Kier alpha value is -1.64. The highest BCUT2D eigenvalue weighted by Crippen LogP contribution is 2.27. The van der Waals surface area contributed by atoms with Gasteiger partial charge in [-0.2, -0.15) is 0 Å².